The van der Waals surface area contributed by atoms with Crippen LogP contribution in [0.4, 0.5) is 0 Å². The Morgan fingerprint density at radius 2 is 2.00 bits per heavy atom. The number of hydrogen-bond acceptors (Lipinski definition) is 3. The Hall–Kier alpha value is -1.00. The van der Waals surface area contributed by atoms with Gasteiger partial charge in [0, 0.05) is 13.1 Å². The van der Waals surface area contributed by atoms with Gasteiger partial charge in [-0.05, 0) is 29.6 Å². The predicted octanol–water partition coefficient (Wildman–Crippen LogP) is 1.61. The molecule has 2 rings (SSSR count). The van der Waals surface area contributed by atoms with E-state index in [1.807, 2.05) is 23.3 Å². The molecule has 1 atom stereocenters. The van der Waals surface area contributed by atoms with Crippen molar-refractivity contribution >= 4 is 17.7 Å². The first-order valence-electron chi connectivity index (χ1n) is 5.82. The molecule has 1 aliphatic rings. The number of rotatable bonds is 4. The molecule has 0 bridgehead atoms. The van der Waals surface area contributed by atoms with Crippen molar-refractivity contribution in [1.29, 1.82) is 0 Å². The summed E-state index contributed by atoms with van der Waals surface area (Å²) in [5.41, 5.74) is 8.41. The van der Waals surface area contributed by atoms with Crippen molar-refractivity contribution in [3.63, 3.8) is 0 Å². The highest BCUT2D eigenvalue weighted by Gasteiger charge is 2.26. The molecule has 1 aromatic rings. The Morgan fingerprint density at radius 1 is 1.41 bits per heavy atom. The van der Waals surface area contributed by atoms with E-state index in [0.717, 1.165) is 12.2 Å². The van der Waals surface area contributed by atoms with Crippen LogP contribution in [0.5, 0.6) is 0 Å². The molecule has 1 amide bonds. The second-order valence-corrected chi connectivity index (χ2v) is 5.34. The lowest BCUT2D eigenvalue weighted by Crippen LogP contribution is -2.41. The van der Waals surface area contributed by atoms with Crippen LogP contribution >= 0.6 is 11.8 Å². The predicted molar refractivity (Wildman–Crippen MR) is 71.7 cm³/mol. The Balaban J connectivity index is 1.96. The van der Waals surface area contributed by atoms with Crippen molar-refractivity contribution in [2.75, 3.05) is 12.0 Å². The van der Waals surface area contributed by atoms with Gasteiger partial charge in [0.1, 0.15) is 0 Å². The van der Waals surface area contributed by atoms with E-state index in [1.165, 1.54) is 11.1 Å². The minimum absolute atomic E-state index is 0.0789. The van der Waals surface area contributed by atoms with E-state index in [0.29, 0.717) is 13.1 Å². The highest BCUT2D eigenvalue weighted by Crippen LogP contribution is 2.22. The molecular weight excluding hydrogens is 232 g/mol. The fraction of sp³-hybridized carbons (Fsp3) is 0.462. The molecule has 3 nitrogen and oxygen atoms in total. The van der Waals surface area contributed by atoms with Crippen LogP contribution in [0.25, 0.3) is 0 Å². The summed E-state index contributed by atoms with van der Waals surface area (Å²) in [5, 5.41) is 0. The largest absolute Gasteiger partial charge is 0.333 e. The molecule has 0 fully saturated rings. The third-order valence-electron chi connectivity index (χ3n) is 3.10. The summed E-state index contributed by atoms with van der Waals surface area (Å²) in [6, 6.07) is 7.84. The molecule has 1 heterocycles. The number of thioether (sulfide) groups is 1. The smallest absolute Gasteiger partial charge is 0.240 e. The zero-order chi connectivity index (χ0) is 12.3. The number of fused-ring (bicyclic) bond motifs is 1. The van der Waals surface area contributed by atoms with Crippen molar-refractivity contribution in [3.05, 3.63) is 35.4 Å². The minimum atomic E-state index is -0.350. The normalized spacial score (nSPS) is 15.8. The second-order valence-electron chi connectivity index (χ2n) is 4.35. The first-order valence-corrected chi connectivity index (χ1v) is 7.22. The third kappa shape index (κ3) is 2.82. The molecule has 0 saturated heterocycles. The molecule has 4 heteroatoms. The molecule has 0 spiro atoms. The van der Waals surface area contributed by atoms with Crippen molar-refractivity contribution in [2.45, 2.75) is 25.6 Å². The van der Waals surface area contributed by atoms with Crippen LogP contribution in [0.2, 0.25) is 0 Å². The van der Waals surface area contributed by atoms with Crippen LogP contribution in [0.15, 0.2) is 24.3 Å². The van der Waals surface area contributed by atoms with Gasteiger partial charge in [-0.3, -0.25) is 4.79 Å². The van der Waals surface area contributed by atoms with E-state index in [2.05, 4.69) is 12.1 Å². The molecule has 0 aromatic heterocycles. The molecule has 0 radical (unpaired) electrons. The maximum atomic E-state index is 12.1. The lowest BCUT2D eigenvalue weighted by Gasteiger charge is -2.20. The van der Waals surface area contributed by atoms with E-state index in [1.54, 1.807) is 11.8 Å². The minimum Gasteiger partial charge on any atom is -0.333 e. The van der Waals surface area contributed by atoms with Crippen LogP contribution < -0.4 is 5.73 Å². The molecule has 2 N–H and O–H groups in total. The monoisotopic (exact) mass is 250 g/mol. The summed E-state index contributed by atoms with van der Waals surface area (Å²) < 4.78 is 0. The zero-order valence-electron chi connectivity index (χ0n) is 10.1. The SMILES string of the molecule is CSCC[C@@H](N)C(=O)N1Cc2ccccc2C1. The van der Waals surface area contributed by atoms with Gasteiger partial charge in [-0.15, -0.1) is 0 Å². The van der Waals surface area contributed by atoms with Gasteiger partial charge < -0.3 is 10.6 Å². The second kappa shape index (κ2) is 5.56. The van der Waals surface area contributed by atoms with Crippen molar-refractivity contribution in [1.82, 2.24) is 4.90 Å². The number of nitrogens with two attached hydrogens (primary N) is 1. The quantitative estimate of drug-likeness (QED) is 0.883. The molecule has 0 aliphatic carbocycles. The summed E-state index contributed by atoms with van der Waals surface area (Å²) >= 11 is 1.73. The van der Waals surface area contributed by atoms with Crippen LogP contribution in [-0.4, -0.2) is 28.9 Å². The van der Waals surface area contributed by atoms with Gasteiger partial charge in [0.25, 0.3) is 0 Å². The number of carbonyl (C=O) groups excluding carboxylic acids is 1. The summed E-state index contributed by atoms with van der Waals surface area (Å²) in [7, 11) is 0. The van der Waals surface area contributed by atoms with Gasteiger partial charge in [-0.25, -0.2) is 0 Å². The van der Waals surface area contributed by atoms with E-state index < -0.39 is 0 Å². The van der Waals surface area contributed by atoms with Gasteiger partial charge in [0.15, 0.2) is 0 Å². The van der Waals surface area contributed by atoms with Crippen molar-refractivity contribution < 1.29 is 4.79 Å². The standard InChI is InChI=1S/C13H18N2OS/c1-17-7-6-12(14)13(16)15-8-10-4-2-3-5-11(10)9-15/h2-5,12H,6-9,14H2,1H3/t12-/m1/s1. The molecule has 92 valence electrons. The number of carbonyl (C=O) groups is 1. The molecular formula is C13H18N2OS. The fourth-order valence-electron chi connectivity index (χ4n) is 2.09. The first-order chi connectivity index (χ1) is 8.22. The molecule has 0 unspecified atom stereocenters. The van der Waals surface area contributed by atoms with E-state index in [4.69, 9.17) is 5.73 Å². The maximum Gasteiger partial charge on any atom is 0.240 e. The molecule has 1 aliphatic heterocycles. The van der Waals surface area contributed by atoms with Crippen molar-refractivity contribution in [2.24, 2.45) is 5.73 Å². The van der Waals surface area contributed by atoms with Gasteiger partial charge in [-0.1, -0.05) is 24.3 Å². The Kier molecular flexibility index (Phi) is 4.07. The van der Waals surface area contributed by atoms with Crippen LogP contribution in [-0.2, 0) is 17.9 Å². The lowest BCUT2D eigenvalue weighted by atomic mass is 10.1. The summed E-state index contributed by atoms with van der Waals surface area (Å²) in [4.78, 5) is 14.0. The lowest BCUT2D eigenvalue weighted by molar-refractivity contribution is -0.133. The van der Waals surface area contributed by atoms with E-state index in [-0.39, 0.29) is 11.9 Å². The number of benzene rings is 1. The first kappa shape index (κ1) is 12.5. The Morgan fingerprint density at radius 3 is 2.53 bits per heavy atom. The Bertz CT molecular complexity index is 383. The molecule has 0 saturated carbocycles. The van der Waals surface area contributed by atoms with Gasteiger partial charge in [0.2, 0.25) is 5.91 Å². The van der Waals surface area contributed by atoms with Crippen LogP contribution in [0.1, 0.15) is 17.5 Å². The van der Waals surface area contributed by atoms with E-state index in [9.17, 15) is 4.79 Å². The average molecular weight is 250 g/mol. The maximum absolute atomic E-state index is 12.1. The van der Waals surface area contributed by atoms with Crippen LogP contribution in [0, 0.1) is 0 Å². The zero-order valence-corrected chi connectivity index (χ0v) is 10.9. The number of hydrogen-bond donors (Lipinski definition) is 1. The van der Waals surface area contributed by atoms with Gasteiger partial charge in [-0.2, -0.15) is 11.8 Å². The van der Waals surface area contributed by atoms with Gasteiger partial charge >= 0.3 is 0 Å². The summed E-state index contributed by atoms with van der Waals surface area (Å²) in [5.74, 6) is 1.02. The fourth-order valence-corrected chi connectivity index (χ4v) is 2.58. The number of nitrogens with zero attached hydrogens (tertiary/aromatic N) is 1. The van der Waals surface area contributed by atoms with Crippen molar-refractivity contribution in [3.8, 4) is 0 Å². The third-order valence-corrected chi connectivity index (χ3v) is 3.75. The van der Waals surface area contributed by atoms with Gasteiger partial charge in [0.05, 0.1) is 6.04 Å². The Labute approximate surface area is 106 Å². The molecule has 1 aromatic carbocycles. The van der Waals surface area contributed by atoms with E-state index >= 15 is 0 Å². The average Bonchev–Trinajstić information content (AvgIpc) is 2.78. The highest BCUT2D eigenvalue weighted by atomic mass is 32.2. The number of amides is 1. The van der Waals surface area contributed by atoms with Crippen LogP contribution in [0.3, 0.4) is 0 Å². The molecule has 17 heavy (non-hydrogen) atoms. The summed E-state index contributed by atoms with van der Waals surface area (Å²) in [6.45, 7) is 1.42. The topological polar surface area (TPSA) is 46.3 Å². The highest BCUT2D eigenvalue weighted by molar-refractivity contribution is 7.98. The summed E-state index contributed by atoms with van der Waals surface area (Å²) in [6.07, 6.45) is 2.79.